The summed E-state index contributed by atoms with van der Waals surface area (Å²) in [4.78, 5) is 5.04. The van der Waals surface area contributed by atoms with Crippen molar-refractivity contribution < 1.29 is 8.42 Å². The van der Waals surface area contributed by atoms with Gasteiger partial charge in [-0.25, -0.2) is 13.4 Å². The summed E-state index contributed by atoms with van der Waals surface area (Å²) in [5.41, 5.74) is 0.511. The molecule has 5 nitrogen and oxygen atoms in total. The van der Waals surface area contributed by atoms with E-state index in [2.05, 4.69) is 10.3 Å². The third-order valence-corrected chi connectivity index (χ3v) is 5.63. The Kier molecular flexibility index (Phi) is 4.74. The molecule has 108 valence electrons. The number of sulfonamides is 1. The van der Waals surface area contributed by atoms with Crippen LogP contribution >= 0.6 is 11.3 Å². The molecule has 0 aliphatic heterocycles. The summed E-state index contributed by atoms with van der Waals surface area (Å²) in [6.07, 6.45) is 1.49. The van der Waals surface area contributed by atoms with E-state index in [9.17, 15) is 8.42 Å². The third kappa shape index (κ3) is 3.00. The van der Waals surface area contributed by atoms with Crippen molar-refractivity contribution in [2.24, 2.45) is 0 Å². The summed E-state index contributed by atoms with van der Waals surface area (Å²) in [6.45, 7) is 2.60. The van der Waals surface area contributed by atoms with E-state index >= 15 is 0 Å². The fourth-order valence-electron chi connectivity index (χ4n) is 1.85. The van der Waals surface area contributed by atoms with Gasteiger partial charge in [0.2, 0.25) is 0 Å². The van der Waals surface area contributed by atoms with Crippen molar-refractivity contribution >= 4 is 27.0 Å². The second kappa shape index (κ2) is 6.34. The van der Waals surface area contributed by atoms with Gasteiger partial charge in [-0.2, -0.15) is 4.31 Å². The Hall–Kier alpha value is -1.44. The first-order chi connectivity index (χ1) is 9.59. The fourth-order valence-corrected chi connectivity index (χ4v) is 4.19. The molecule has 0 bridgehead atoms. The smallest absolute Gasteiger partial charge is 0.262 e. The Labute approximate surface area is 123 Å². The van der Waals surface area contributed by atoms with Crippen LogP contribution in [-0.2, 0) is 16.6 Å². The highest BCUT2D eigenvalue weighted by atomic mass is 32.2. The topological polar surface area (TPSA) is 62.3 Å². The van der Waals surface area contributed by atoms with Crippen molar-refractivity contribution in [2.45, 2.75) is 18.5 Å². The molecule has 0 aliphatic rings. The summed E-state index contributed by atoms with van der Waals surface area (Å²) in [6, 6.07) is 7.26. The third-order valence-electron chi connectivity index (χ3n) is 2.89. The van der Waals surface area contributed by atoms with Gasteiger partial charge in [0, 0.05) is 31.2 Å². The highest BCUT2D eigenvalue weighted by Gasteiger charge is 2.27. The number of hydrogen-bond acceptors (Lipinski definition) is 5. The van der Waals surface area contributed by atoms with Gasteiger partial charge in [0.05, 0.1) is 5.69 Å². The molecule has 0 saturated carbocycles. The van der Waals surface area contributed by atoms with E-state index in [-0.39, 0.29) is 5.03 Å². The number of anilines is 1. The minimum atomic E-state index is -3.60. The summed E-state index contributed by atoms with van der Waals surface area (Å²) < 4.78 is 26.8. The van der Waals surface area contributed by atoms with Crippen molar-refractivity contribution in [3.8, 4) is 0 Å². The van der Waals surface area contributed by atoms with Crippen LogP contribution in [0.3, 0.4) is 0 Å². The van der Waals surface area contributed by atoms with E-state index in [0.717, 1.165) is 4.88 Å². The molecule has 0 aromatic carbocycles. The number of nitrogens with one attached hydrogen (secondary N) is 1. The van der Waals surface area contributed by atoms with Crippen LogP contribution < -0.4 is 5.32 Å². The zero-order valence-electron chi connectivity index (χ0n) is 11.4. The predicted molar refractivity (Wildman–Crippen MR) is 81.4 cm³/mol. The SMILES string of the molecule is CCN(Cc1cccs1)S(=O)(=O)c1ncccc1NC. The molecular formula is C13H17N3O2S2. The zero-order valence-corrected chi connectivity index (χ0v) is 13.0. The maximum Gasteiger partial charge on any atom is 0.262 e. The largest absolute Gasteiger partial charge is 0.386 e. The van der Waals surface area contributed by atoms with Crippen molar-refractivity contribution in [1.82, 2.24) is 9.29 Å². The molecule has 0 unspecified atom stereocenters. The van der Waals surface area contributed by atoms with Crippen LogP contribution in [0.5, 0.6) is 0 Å². The zero-order chi connectivity index (χ0) is 14.6. The molecule has 0 radical (unpaired) electrons. The molecule has 2 rings (SSSR count). The Bertz CT molecular complexity index is 654. The van der Waals surface area contributed by atoms with E-state index in [1.807, 2.05) is 24.4 Å². The van der Waals surface area contributed by atoms with Gasteiger partial charge in [-0.15, -0.1) is 11.3 Å². The molecule has 0 saturated heterocycles. The van der Waals surface area contributed by atoms with Crippen LogP contribution in [-0.4, -0.2) is 31.3 Å². The van der Waals surface area contributed by atoms with Gasteiger partial charge in [-0.3, -0.25) is 0 Å². The molecule has 0 atom stereocenters. The molecule has 2 aromatic heterocycles. The molecule has 7 heteroatoms. The van der Waals surface area contributed by atoms with E-state index in [1.54, 1.807) is 30.5 Å². The average Bonchev–Trinajstić information content (AvgIpc) is 2.97. The average molecular weight is 311 g/mol. The van der Waals surface area contributed by atoms with Crippen LogP contribution in [0.2, 0.25) is 0 Å². The summed E-state index contributed by atoms with van der Waals surface area (Å²) >= 11 is 1.55. The Morgan fingerprint density at radius 1 is 1.35 bits per heavy atom. The second-order valence-corrected chi connectivity index (χ2v) is 7.00. The molecule has 20 heavy (non-hydrogen) atoms. The van der Waals surface area contributed by atoms with Crippen LogP contribution in [0.1, 0.15) is 11.8 Å². The Morgan fingerprint density at radius 2 is 2.15 bits per heavy atom. The van der Waals surface area contributed by atoms with Crippen LogP contribution in [0.25, 0.3) is 0 Å². The highest BCUT2D eigenvalue weighted by molar-refractivity contribution is 7.89. The van der Waals surface area contributed by atoms with Crippen molar-refractivity contribution in [1.29, 1.82) is 0 Å². The molecule has 2 heterocycles. The molecule has 0 spiro atoms. The highest BCUT2D eigenvalue weighted by Crippen LogP contribution is 2.24. The molecule has 1 N–H and O–H groups in total. The van der Waals surface area contributed by atoms with Gasteiger partial charge in [0.15, 0.2) is 5.03 Å². The van der Waals surface area contributed by atoms with Gasteiger partial charge >= 0.3 is 0 Å². The van der Waals surface area contributed by atoms with Gasteiger partial charge < -0.3 is 5.32 Å². The predicted octanol–water partition coefficient (Wildman–Crippen LogP) is 2.40. The van der Waals surface area contributed by atoms with Gasteiger partial charge in [0.25, 0.3) is 10.0 Å². The van der Waals surface area contributed by atoms with E-state index in [4.69, 9.17) is 0 Å². The first-order valence-corrected chi connectivity index (χ1v) is 8.57. The number of thiophene rings is 1. The lowest BCUT2D eigenvalue weighted by atomic mass is 10.4. The molecule has 0 amide bonds. The lowest BCUT2D eigenvalue weighted by Crippen LogP contribution is -2.31. The molecule has 0 fully saturated rings. The van der Waals surface area contributed by atoms with Crippen molar-refractivity contribution in [2.75, 3.05) is 18.9 Å². The number of nitrogens with zero attached hydrogens (tertiary/aromatic N) is 2. The molecular weight excluding hydrogens is 294 g/mol. The number of pyridine rings is 1. The number of hydrogen-bond donors (Lipinski definition) is 1. The second-order valence-electron chi connectivity index (χ2n) is 4.12. The summed E-state index contributed by atoms with van der Waals surface area (Å²) in [5, 5.41) is 4.88. The summed E-state index contributed by atoms with van der Waals surface area (Å²) in [7, 11) is -1.92. The van der Waals surface area contributed by atoms with Crippen molar-refractivity contribution in [3.63, 3.8) is 0 Å². The lowest BCUT2D eigenvalue weighted by molar-refractivity contribution is 0.424. The Balaban J connectivity index is 2.36. The monoisotopic (exact) mass is 311 g/mol. The van der Waals surface area contributed by atoms with Crippen LogP contribution in [0.4, 0.5) is 5.69 Å². The first kappa shape index (κ1) is 15.0. The van der Waals surface area contributed by atoms with E-state index < -0.39 is 10.0 Å². The Morgan fingerprint density at radius 3 is 2.75 bits per heavy atom. The fraction of sp³-hybridized carbons (Fsp3) is 0.308. The number of aromatic nitrogens is 1. The van der Waals surface area contributed by atoms with Crippen LogP contribution in [0, 0.1) is 0 Å². The quantitative estimate of drug-likeness (QED) is 0.890. The van der Waals surface area contributed by atoms with Crippen molar-refractivity contribution in [3.05, 3.63) is 40.7 Å². The lowest BCUT2D eigenvalue weighted by Gasteiger charge is -2.20. The van der Waals surface area contributed by atoms with Crippen LogP contribution in [0.15, 0.2) is 40.9 Å². The number of rotatable bonds is 6. The summed E-state index contributed by atoms with van der Waals surface area (Å²) in [5.74, 6) is 0. The molecule has 0 aliphatic carbocycles. The molecule has 2 aromatic rings. The van der Waals surface area contributed by atoms with E-state index in [0.29, 0.717) is 18.8 Å². The van der Waals surface area contributed by atoms with Gasteiger partial charge in [-0.1, -0.05) is 13.0 Å². The normalized spacial score (nSPS) is 11.8. The standard InChI is InChI=1S/C13H17N3O2S2/c1-3-16(10-11-6-5-9-19-11)20(17,18)13-12(14-2)7-4-8-15-13/h4-9,14H,3,10H2,1-2H3. The van der Waals surface area contributed by atoms with Gasteiger partial charge in [0.1, 0.15) is 0 Å². The first-order valence-electron chi connectivity index (χ1n) is 6.25. The maximum atomic E-state index is 12.7. The minimum Gasteiger partial charge on any atom is -0.386 e. The maximum absolute atomic E-state index is 12.7. The van der Waals surface area contributed by atoms with Gasteiger partial charge in [-0.05, 0) is 23.6 Å². The minimum absolute atomic E-state index is 0.0703. The van der Waals surface area contributed by atoms with E-state index in [1.165, 1.54) is 10.5 Å².